The lowest BCUT2D eigenvalue weighted by atomic mass is 9.85. The van der Waals surface area contributed by atoms with Crippen molar-refractivity contribution in [2.45, 2.75) is 32.1 Å². The number of benzene rings is 3. The summed E-state index contributed by atoms with van der Waals surface area (Å²) in [6.45, 7) is 4.23. The van der Waals surface area contributed by atoms with E-state index in [0.717, 1.165) is 28.2 Å². The number of fused-ring (bicyclic) bond motifs is 2. The van der Waals surface area contributed by atoms with Crippen LogP contribution in [0.15, 0.2) is 66.7 Å². The number of anilines is 1. The molecule has 0 aromatic heterocycles. The molecule has 28 heavy (non-hydrogen) atoms. The Balaban J connectivity index is 1.61. The molecule has 0 saturated heterocycles. The van der Waals surface area contributed by atoms with Crippen LogP contribution in [0.3, 0.4) is 0 Å². The number of hydrogen-bond acceptors (Lipinski definition) is 2. The van der Waals surface area contributed by atoms with Crippen LogP contribution in [-0.4, -0.2) is 5.91 Å². The number of ether oxygens (including phenoxy) is 1. The first-order valence-electron chi connectivity index (χ1n) is 9.48. The molecule has 0 aliphatic carbocycles. The summed E-state index contributed by atoms with van der Waals surface area (Å²) < 4.78 is 6.02. The average molecular weight is 392 g/mol. The molecule has 1 aliphatic heterocycles. The van der Waals surface area contributed by atoms with Crippen LogP contribution in [0.2, 0.25) is 5.02 Å². The van der Waals surface area contributed by atoms with Crippen molar-refractivity contribution in [2.75, 3.05) is 5.32 Å². The monoisotopic (exact) mass is 391 g/mol. The highest BCUT2D eigenvalue weighted by molar-refractivity contribution is 6.33. The highest BCUT2D eigenvalue weighted by Gasteiger charge is 2.28. The lowest BCUT2D eigenvalue weighted by Gasteiger charge is -2.28. The number of nitrogens with one attached hydrogen (secondary N) is 1. The van der Waals surface area contributed by atoms with Crippen molar-refractivity contribution >= 4 is 23.2 Å². The van der Waals surface area contributed by atoms with Gasteiger partial charge in [-0.05, 0) is 35.7 Å². The van der Waals surface area contributed by atoms with Crippen LogP contribution in [0.4, 0.5) is 5.69 Å². The van der Waals surface area contributed by atoms with Crippen LogP contribution in [0.25, 0.3) is 0 Å². The van der Waals surface area contributed by atoms with Gasteiger partial charge in [0.1, 0.15) is 11.5 Å². The van der Waals surface area contributed by atoms with Gasteiger partial charge in [-0.3, -0.25) is 4.79 Å². The Morgan fingerprint density at radius 3 is 2.21 bits per heavy atom. The van der Waals surface area contributed by atoms with Gasteiger partial charge in [0, 0.05) is 23.5 Å². The van der Waals surface area contributed by atoms with Gasteiger partial charge in [0.15, 0.2) is 0 Å². The standard InChI is InChI=1S/C24H22ClNO2/c1-15(2)16-11-12-20(25)21(13-16)26-24(27)14-19-17-7-3-5-9-22(17)28-23-10-6-4-8-18(19)23/h3-13,15,19H,14H2,1-2H3,(H,26,27). The van der Waals surface area contributed by atoms with Gasteiger partial charge < -0.3 is 10.1 Å². The van der Waals surface area contributed by atoms with Gasteiger partial charge in [0.05, 0.1) is 10.7 Å². The lowest BCUT2D eigenvalue weighted by molar-refractivity contribution is -0.116. The van der Waals surface area contributed by atoms with Gasteiger partial charge in [-0.15, -0.1) is 0 Å². The van der Waals surface area contributed by atoms with Crippen molar-refractivity contribution < 1.29 is 9.53 Å². The number of amides is 1. The molecule has 0 spiro atoms. The third-order valence-electron chi connectivity index (χ3n) is 5.13. The molecule has 0 bridgehead atoms. The molecule has 1 N–H and O–H groups in total. The Hall–Kier alpha value is -2.78. The zero-order valence-corrected chi connectivity index (χ0v) is 16.7. The number of para-hydroxylation sites is 2. The minimum atomic E-state index is -0.0701. The van der Waals surface area contributed by atoms with Gasteiger partial charge in [0.2, 0.25) is 5.91 Å². The van der Waals surface area contributed by atoms with Crippen LogP contribution >= 0.6 is 11.6 Å². The first-order valence-corrected chi connectivity index (χ1v) is 9.85. The Morgan fingerprint density at radius 1 is 1.00 bits per heavy atom. The maximum atomic E-state index is 12.9. The largest absolute Gasteiger partial charge is 0.457 e. The summed E-state index contributed by atoms with van der Waals surface area (Å²) in [5, 5.41) is 3.55. The molecular weight excluding hydrogens is 370 g/mol. The van der Waals surface area contributed by atoms with Gasteiger partial charge in [0.25, 0.3) is 0 Å². The first-order chi connectivity index (χ1) is 13.5. The third-order valence-corrected chi connectivity index (χ3v) is 5.46. The Morgan fingerprint density at radius 2 is 1.61 bits per heavy atom. The molecule has 0 saturated carbocycles. The molecule has 0 atom stereocenters. The summed E-state index contributed by atoms with van der Waals surface area (Å²) in [6, 6.07) is 21.6. The number of rotatable bonds is 4. The second-order valence-electron chi connectivity index (χ2n) is 7.38. The molecular formula is C24H22ClNO2. The van der Waals surface area contributed by atoms with Gasteiger partial charge in [-0.2, -0.15) is 0 Å². The fourth-order valence-corrected chi connectivity index (χ4v) is 3.78. The van der Waals surface area contributed by atoms with Crippen molar-refractivity contribution in [3.05, 3.63) is 88.4 Å². The fraction of sp³-hybridized carbons (Fsp3) is 0.208. The summed E-state index contributed by atoms with van der Waals surface area (Å²) in [5.41, 5.74) is 3.85. The topological polar surface area (TPSA) is 38.3 Å². The van der Waals surface area contributed by atoms with Gasteiger partial charge >= 0.3 is 0 Å². The lowest BCUT2D eigenvalue weighted by Crippen LogP contribution is -2.19. The normalized spacial score (nSPS) is 12.9. The third kappa shape index (κ3) is 3.63. The number of carbonyl (C=O) groups is 1. The van der Waals surface area contributed by atoms with Crippen LogP contribution in [0.1, 0.15) is 48.8 Å². The minimum absolute atomic E-state index is 0.0618. The predicted molar refractivity (Wildman–Crippen MR) is 114 cm³/mol. The van der Waals surface area contributed by atoms with E-state index in [2.05, 4.69) is 19.2 Å². The average Bonchev–Trinajstić information content (AvgIpc) is 2.69. The highest BCUT2D eigenvalue weighted by atomic mass is 35.5. The molecule has 3 nitrogen and oxygen atoms in total. The van der Waals surface area contributed by atoms with E-state index < -0.39 is 0 Å². The highest BCUT2D eigenvalue weighted by Crippen LogP contribution is 2.45. The summed E-state index contributed by atoms with van der Waals surface area (Å²) in [4.78, 5) is 12.9. The minimum Gasteiger partial charge on any atom is -0.457 e. The molecule has 0 fully saturated rings. The molecule has 0 radical (unpaired) electrons. The second kappa shape index (κ2) is 7.69. The zero-order valence-electron chi connectivity index (χ0n) is 15.9. The maximum absolute atomic E-state index is 12.9. The van der Waals surface area contributed by atoms with Crippen LogP contribution < -0.4 is 10.1 Å². The van der Waals surface area contributed by atoms with E-state index >= 15 is 0 Å². The first kappa shape index (κ1) is 18.6. The van der Waals surface area contributed by atoms with E-state index in [0.29, 0.717) is 23.0 Å². The maximum Gasteiger partial charge on any atom is 0.225 e. The Bertz CT molecular complexity index is 983. The van der Waals surface area contributed by atoms with E-state index in [9.17, 15) is 4.79 Å². The SMILES string of the molecule is CC(C)c1ccc(Cl)c(NC(=O)CC2c3ccccc3Oc3ccccc32)c1. The van der Waals surface area contributed by atoms with Crippen LogP contribution in [0.5, 0.6) is 11.5 Å². The van der Waals surface area contributed by atoms with Crippen LogP contribution in [-0.2, 0) is 4.79 Å². The fourth-order valence-electron chi connectivity index (χ4n) is 3.61. The summed E-state index contributed by atoms with van der Waals surface area (Å²) in [6.07, 6.45) is 0.319. The van der Waals surface area contributed by atoms with Crippen molar-refractivity contribution in [1.82, 2.24) is 0 Å². The van der Waals surface area contributed by atoms with Gasteiger partial charge in [-0.1, -0.05) is 67.9 Å². The van der Waals surface area contributed by atoms with Crippen molar-refractivity contribution in [3.8, 4) is 11.5 Å². The molecule has 1 heterocycles. The number of halogens is 1. The van der Waals surface area contributed by atoms with Crippen molar-refractivity contribution in [2.24, 2.45) is 0 Å². The molecule has 142 valence electrons. The van der Waals surface area contributed by atoms with E-state index in [1.807, 2.05) is 66.7 Å². The molecule has 4 rings (SSSR count). The quantitative estimate of drug-likeness (QED) is 0.535. The van der Waals surface area contributed by atoms with E-state index in [1.165, 1.54) is 0 Å². The predicted octanol–water partition coefficient (Wildman–Crippen LogP) is 6.73. The van der Waals surface area contributed by atoms with Crippen molar-refractivity contribution in [3.63, 3.8) is 0 Å². The smallest absolute Gasteiger partial charge is 0.225 e. The molecule has 1 aliphatic rings. The van der Waals surface area contributed by atoms with Gasteiger partial charge in [-0.25, -0.2) is 0 Å². The molecule has 3 aromatic carbocycles. The Labute approximate surface area is 170 Å². The van der Waals surface area contributed by atoms with Crippen LogP contribution in [0, 0.1) is 0 Å². The molecule has 1 amide bonds. The van der Waals surface area contributed by atoms with E-state index in [1.54, 1.807) is 0 Å². The second-order valence-corrected chi connectivity index (χ2v) is 7.78. The molecule has 0 unspecified atom stereocenters. The summed E-state index contributed by atoms with van der Waals surface area (Å²) >= 11 is 6.32. The summed E-state index contributed by atoms with van der Waals surface area (Å²) in [7, 11) is 0. The molecule has 3 aromatic rings. The molecule has 4 heteroatoms. The van der Waals surface area contributed by atoms with E-state index in [-0.39, 0.29) is 11.8 Å². The zero-order chi connectivity index (χ0) is 19.7. The number of hydrogen-bond donors (Lipinski definition) is 1. The number of carbonyl (C=O) groups excluding carboxylic acids is 1. The van der Waals surface area contributed by atoms with E-state index in [4.69, 9.17) is 16.3 Å². The Kier molecular flexibility index (Phi) is 5.10. The van der Waals surface area contributed by atoms with Crippen molar-refractivity contribution in [1.29, 1.82) is 0 Å². The summed E-state index contributed by atoms with van der Waals surface area (Å²) in [5.74, 6) is 1.84.